The van der Waals surface area contributed by atoms with Gasteiger partial charge in [-0.15, -0.1) is 0 Å². The Balaban J connectivity index is 2.07. The predicted octanol–water partition coefficient (Wildman–Crippen LogP) is 3.96. The quantitative estimate of drug-likeness (QED) is 0.686. The molecule has 2 N–H and O–H groups in total. The number of hydrogen-bond acceptors (Lipinski definition) is 5. The molecule has 118 valence electrons. The summed E-state index contributed by atoms with van der Waals surface area (Å²) >= 11 is 7.52. The van der Waals surface area contributed by atoms with Crippen molar-refractivity contribution >= 4 is 44.0 Å². The molecule has 3 heterocycles. The first-order valence-electron chi connectivity index (χ1n) is 6.94. The molecule has 0 radical (unpaired) electrons. The van der Waals surface area contributed by atoms with Crippen LogP contribution >= 0.6 is 22.9 Å². The second-order valence-corrected chi connectivity index (χ2v) is 5.81. The first kappa shape index (κ1) is 15.5. The molecule has 0 saturated heterocycles. The van der Waals surface area contributed by atoms with Gasteiger partial charge in [-0.25, -0.2) is 9.97 Å². The van der Waals surface area contributed by atoms with E-state index in [4.69, 9.17) is 11.6 Å². The van der Waals surface area contributed by atoms with Crippen LogP contribution in [0.3, 0.4) is 0 Å². The largest absolute Gasteiger partial charge is 0.365 e. The summed E-state index contributed by atoms with van der Waals surface area (Å²) in [6.07, 6.45) is 11.2. The number of thiazole rings is 1. The van der Waals surface area contributed by atoms with Crippen LogP contribution in [0.15, 0.2) is 42.4 Å². The van der Waals surface area contributed by atoms with Crippen molar-refractivity contribution in [2.75, 3.05) is 12.4 Å². The summed E-state index contributed by atoms with van der Waals surface area (Å²) in [5.41, 5.74) is 3.98. The summed E-state index contributed by atoms with van der Waals surface area (Å²) in [6, 6.07) is 0. The molecule has 0 saturated carbocycles. The number of halogens is 1. The van der Waals surface area contributed by atoms with Gasteiger partial charge in [-0.2, -0.15) is 5.10 Å². The molecular weight excluding hydrogens is 332 g/mol. The van der Waals surface area contributed by atoms with Crippen LogP contribution in [0.2, 0.25) is 0 Å². The fourth-order valence-electron chi connectivity index (χ4n) is 2.10. The fourth-order valence-corrected chi connectivity index (χ4v) is 3.14. The highest BCUT2D eigenvalue weighted by Gasteiger charge is 2.16. The van der Waals surface area contributed by atoms with Crippen LogP contribution in [0.5, 0.6) is 0 Å². The van der Waals surface area contributed by atoms with Crippen LogP contribution in [0.4, 0.5) is 5.13 Å². The van der Waals surface area contributed by atoms with Crippen molar-refractivity contribution in [2.45, 2.75) is 6.92 Å². The molecule has 0 aliphatic rings. The summed E-state index contributed by atoms with van der Waals surface area (Å²) in [4.78, 5) is 8.64. The lowest BCUT2D eigenvalue weighted by molar-refractivity contribution is 0.953. The smallest absolute Gasteiger partial charge is 0.185 e. The summed E-state index contributed by atoms with van der Waals surface area (Å²) in [6.45, 7) is 1.96. The molecule has 0 unspecified atom stereocenters. The molecule has 0 aliphatic carbocycles. The molecule has 23 heavy (non-hydrogen) atoms. The van der Waals surface area contributed by atoms with Gasteiger partial charge in [0.05, 0.1) is 11.9 Å². The highest BCUT2D eigenvalue weighted by molar-refractivity contribution is 7.22. The number of rotatable bonds is 5. The SMILES string of the molecule is C\C=C/C=C\C(=C\Cl)c1cncn1-c1n[nH]c2nc(NC)sc12. The number of nitrogens with zero attached hydrogens (tertiary/aromatic N) is 4. The number of hydrogen-bond donors (Lipinski definition) is 2. The summed E-state index contributed by atoms with van der Waals surface area (Å²) < 4.78 is 2.85. The van der Waals surface area contributed by atoms with Crippen LogP contribution in [-0.2, 0) is 0 Å². The van der Waals surface area contributed by atoms with E-state index in [1.165, 1.54) is 16.9 Å². The van der Waals surface area contributed by atoms with Crippen LogP contribution in [0.1, 0.15) is 12.6 Å². The number of aromatic nitrogens is 5. The van der Waals surface area contributed by atoms with Gasteiger partial charge < -0.3 is 5.32 Å². The Labute approximate surface area is 142 Å². The van der Waals surface area contributed by atoms with Crippen molar-refractivity contribution in [1.82, 2.24) is 24.7 Å². The molecule has 0 amide bonds. The minimum Gasteiger partial charge on any atom is -0.365 e. The maximum atomic E-state index is 5.99. The third-order valence-corrected chi connectivity index (χ3v) is 4.48. The molecule has 3 rings (SSSR count). The van der Waals surface area contributed by atoms with E-state index in [1.807, 2.05) is 42.8 Å². The summed E-state index contributed by atoms with van der Waals surface area (Å²) in [5.74, 6) is 0.752. The van der Waals surface area contributed by atoms with Gasteiger partial charge in [0.1, 0.15) is 11.0 Å². The molecule has 3 aromatic heterocycles. The zero-order valence-electron chi connectivity index (χ0n) is 12.6. The van der Waals surface area contributed by atoms with Crippen molar-refractivity contribution in [2.24, 2.45) is 0 Å². The van der Waals surface area contributed by atoms with E-state index in [0.717, 1.165) is 32.6 Å². The summed E-state index contributed by atoms with van der Waals surface area (Å²) in [5, 5.41) is 11.2. The zero-order chi connectivity index (χ0) is 16.2. The van der Waals surface area contributed by atoms with Crippen molar-refractivity contribution in [3.05, 3.63) is 48.1 Å². The average molecular weight is 347 g/mol. The van der Waals surface area contributed by atoms with Crippen molar-refractivity contribution in [3.63, 3.8) is 0 Å². The van der Waals surface area contributed by atoms with Crippen molar-refractivity contribution in [3.8, 4) is 5.82 Å². The zero-order valence-corrected chi connectivity index (χ0v) is 14.2. The number of aromatic amines is 1. The second-order valence-electron chi connectivity index (χ2n) is 4.59. The van der Waals surface area contributed by atoms with E-state index in [2.05, 4.69) is 25.5 Å². The Hall–Kier alpha value is -2.38. The lowest BCUT2D eigenvalue weighted by Gasteiger charge is -2.05. The van der Waals surface area contributed by atoms with Crippen LogP contribution in [0, 0.1) is 0 Å². The van der Waals surface area contributed by atoms with Gasteiger partial charge >= 0.3 is 0 Å². The van der Waals surface area contributed by atoms with E-state index in [0.29, 0.717) is 0 Å². The van der Waals surface area contributed by atoms with E-state index in [9.17, 15) is 0 Å². The molecule has 3 aromatic rings. The van der Waals surface area contributed by atoms with Crippen molar-refractivity contribution < 1.29 is 0 Å². The van der Waals surface area contributed by atoms with Gasteiger partial charge in [0.15, 0.2) is 16.6 Å². The third-order valence-electron chi connectivity index (χ3n) is 3.17. The molecule has 0 spiro atoms. The molecule has 6 nitrogen and oxygen atoms in total. The second kappa shape index (κ2) is 6.80. The van der Waals surface area contributed by atoms with Gasteiger partial charge in [0, 0.05) is 18.2 Å². The maximum absolute atomic E-state index is 5.99. The molecule has 8 heteroatoms. The molecule has 0 atom stereocenters. The third kappa shape index (κ3) is 2.93. The molecule has 0 fully saturated rings. The normalized spacial score (nSPS) is 12.9. The Kier molecular flexibility index (Phi) is 4.59. The Morgan fingerprint density at radius 1 is 1.43 bits per heavy atom. The van der Waals surface area contributed by atoms with Gasteiger partial charge in [-0.3, -0.25) is 9.67 Å². The number of fused-ring (bicyclic) bond motifs is 1. The summed E-state index contributed by atoms with van der Waals surface area (Å²) in [7, 11) is 1.84. The van der Waals surface area contributed by atoms with Crippen LogP contribution < -0.4 is 5.32 Å². The van der Waals surface area contributed by atoms with E-state index in [-0.39, 0.29) is 0 Å². The topological polar surface area (TPSA) is 71.4 Å². The van der Waals surface area contributed by atoms with Gasteiger partial charge in [-0.1, -0.05) is 47.2 Å². The predicted molar refractivity (Wildman–Crippen MR) is 96.2 cm³/mol. The van der Waals surface area contributed by atoms with E-state index in [1.54, 1.807) is 12.5 Å². The highest BCUT2D eigenvalue weighted by Crippen LogP contribution is 2.31. The average Bonchev–Trinajstić information content (AvgIpc) is 3.26. The first-order chi connectivity index (χ1) is 11.3. The lowest BCUT2D eigenvalue weighted by Crippen LogP contribution is -1.98. The first-order valence-corrected chi connectivity index (χ1v) is 8.19. The van der Waals surface area contributed by atoms with Crippen molar-refractivity contribution in [1.29, 1.82) is 0 Å². The number of anilines is 1. The minimum atomic E-state index is 0.745. The fraction of sp³-hybridized carbons (Fsp3) is 0.133. The number of nitrogens with one attached hydrogen (secondary N) is 2. The highest BCUT2D eigenvalue weighted by atomic mass is 35.5. The minimum absolute atomic E-state index is 0.745. The Bertz CT molecular complexity index is 898. The number of imidazole rings is 1. The van der Waals surface area contributed by atoms with Crippen LogP contribution in [-0.4, -0.2) is 31.8 Å². The molecular formula is C15H15ClN6S. The van der Waals surface area contributed by atoms with Gasteiger partial charge in [0.25, 0.3) is 0 Å². The number of allylic oxidation sites excluding steroid dienone is 5. The van der Waals surface area contributed by atoms with E-state index >= 15 is 0 Å². The number of H-pyrrole nitrogens is 1. The van der Waals surface area contributed by atoms with E-state index < -0.39 is 0 Å². The monoisotopic (exact) mass is 346 g/mol. The van der Waals surface area contributed by atoms with Gasteiger partial charge in [-0.05, 0) is 6.92 Å². The molecule has 0 aliphatic heterocycles. The molecule has 0 aromatic carbocycles. The Morgan fingerprint density at radius 3 is 3.04 bits per heavy atom. The lowest BCUT2D eigenvalue weighted by atomic mass is 10.2. The standard InChI is InChI=1S/C15H15ClN6S/c1-3-4-5-6-10(7-16)11-8-18-9-22(11)14-12-13(20-21-14)19-15(17-2)23-12/h3-9H,1-2H3,(H2,17,19,20,21)/b4-3-,6-5-,10-7-. The Morgan fingerprint density at radius 2 is 2.30 bits per heavy atom. The maximum Gasteiger partial charge on any atom is 0.185 e. The van der Waals surface area contributed by atoms with Gasteiger partial charge in [0.2, 0.25) is 0 Å². The van der Waals surface area contributed by atoms with Crippen LogP contribution in [0.25, 0.3) is 21.7 Å². The molecule has 0 bridgehead atoms.